The number of hydrogen-bond donors (Lipinski definition) is 3. The summed E-state index contributed by atoms with van der Waals surface area (Å²) in [5, 5.41) is 14.8. The van der Waals surface area contributed by atoms with Gasteiger partial charge >= 0.3 is 6.03 Å². The predicted molar refractivity (Wildman–Crippen MR) is 137 cm³/mol. The molecular formula is C26H23N5O3S. The highest BCUT2D eigenvalue weighted by Crippen LogP contribution is 2.25. The first-order valence-electron chi connectivity index (χ1n) is 10.5. The Balaban J connectivity index is 0.00000342. The summed E-state index contributed by atoms with van der Waals surface area (Å²) in [6, 6.07) is 29.0. The molecule has 0 fully saturated rings. The number of hydrogen-bond acceptors (Lipinski definition) is 4. The lowest BCUT2D eigenvalue weighted by Crippen LogP contribution is -2.28. The molecule has 0 radical (unpaired) electrons. The third kappa shape index (κ3) is 6.74. The van der Waals surface area contributed by atoms with Crippen molar-refractivity contribution in [3.8, 4) is 17.2 Å². The smallest absolute Gasteiger partial charge is 0.319 e. The number of rotatable bonds is 7. The predicted octanol–water partition coefficient (Wildman–Crippen LogP) is 4.25. The van der Waals surface area contributed by atoms with Crippen molar-refractivity contribution in [2.45, 2.75) is 11.6 Å². The van der Waals surface area contributed by atoms with E-state index in [9.17, 15) is 9.00 Å². The van der Waals surface area contributed by atoms with Gasteiger partial charge in [0.25, 0.3) is 0 Å². The van der Waals surface area contributed by atoms with Gasteiger partial charge in [0.15, 0.2) is 16.0 Å². The lowest BCUT2D eigenvalue weighted by atomic mass is 10.1. The summed E-state index contributed by atoms with van der Waals surface area (Å²) in [6.07, 6.45) is 1.62. The molecule has 0 saturated heterocycles. The van der Waals surface area contributed by atoms with E-state index >= 15 is 0 Å². The van der Waals surface area contributed by atoms with Crippen LogP contribution < -0.4 is 15.4 Å². The zero-order chi connectivity index (χ0) is 23.8. The molecule has 35 heavy (non-hydrogen) atoms. The van der Waals surface area contributed by atoms with E-state index in [0.29, 0.717) is 28.5 Å². The topological polar surface area (TPSA) is 138 Å². The summed E-state index contributed by atoms with van der Waals surface area (Å²) in [5.41, 5.74) is 4.42. The van der Waals surface area contributed by atoms with Crippen LogP contribution in [0.1, 0.15) is 11.1 Å². The van der Waals surface area contributed by atoms with Crippen LogP contribution in [0.3, 0.4) is 0 Å². The maximum Gasteiger partial charge on any atom is 0.319 e. The second-order valence-electron chi connectivity index (χ2n) is 7.29. The van der Waals surface area contributed by atoms with Crippen molar-refractivity contribution in [2.24, 2.45) is 0 Å². The Morgan fingerprint density at radius 1 is 0.886 bits per heavy atom. The van der Waals surface area contributed by atoms with Crippen LogP contribution in [-0.4, -0.2) is 20.7 Å². The summed E-state index contributed by atoms with van der Waals surface area (Å²) >= 11 is 0. The van der Waals surface area contributed by atoms with Crippen molar-refractivity contribution in [3.05, 3.63) is 108 Å². The molecule has 176 valence electrons. The Bertz CT molecular complexity index is 1340. The lowest BCUT2D eigenvalue weighted by Gasteiger charge is -2.11. The van der Waals surface area contributed by atoms with E-state index in [0.717, 1.165) is 16.7 Å². The first kappa shape index (κ1) is 25.1. The zero-order valence-corrected chi connectivity index (χ0v) is 19.4. The molecule has 5 N–H and O–H groups in total. The van der Waals surface area contributed by atoms with Crippen LogP contribution in [0.15, 0.2) is 102 Å². The Labute approximate surface area is 205 Å². The largest absolute Gasteiger partial charge is 0.412 e. The van der Waals surface area contributed by atoms with Crippen molar-refractivity contribution >= 4 is 28.4 Å². The van der Waals surface area contributed by atoms with E-state index < -0.39 is 11.0 Å². The van der Waals surface area contributed by atoms with Gasteiger partial charge in [-0.15, -0.1) is 0 Å². The first-order chi connectivity index (χ1) is 16.6. The van der Waals surface area contributed by atoms with Crippen LogP contribution in [-0.2, 0) is 17.5 Å². The van der Waals surface area contributed by atoms with Gasteiger partial charge in [-0.3, -0.25) is 4.72 Å². The molecule has 0 bridgehead atoms. The Kier molecular flexibility index (Phi) is 8.67. The molecule has 0 aliphatic rings. The van der Waals surface area contributed by atoms with Gasteiger partial charge in [-0.1, -0.05) is 42.5 Å². The number of anilines is 2. The molecule has 1 heterocycles. The molecule has 1 aromatic heterocycles. The molecule has 0 aliphatic heterocycles. The van der Waals surface area contributed by atoms with E-state index in [1.165, 1.54) is 0 Å². The second kappa shape index (κ2) is 12.1. The number of carbonyl (C=O) groups excluding carboxylic acids is 1. The van der Waals surface area contributed by atoms with Crippen LogP contribution in [0, 0.1) is 11.3 Å². The van der Waals surface area contributed by atoms with Gasteiger partial charge in [-0.05, 0) is 59.7 Å². The summed E-state index contributed by atoms with van der Waals surface area (Å²) in [6.45, 7) is 0.337. The van der Waals surface area contributed by atoms with E-state index in [-0.39, 0.29) is 11.5 Å². The molecule has 1 atom stereocenters. The van der Waals surface area contributed by atoms with Crippen molar-refractivity contribution in [2.75, 3.05) is 10.0 Å². The van der Waals surface area contributed by atoms with Gasteiger partial charge in [0, 0.05) is 29.7 Å². The summed E-state index contributed by atoms with van der Waals surface area (Å²) in [7, 11) is -1.57. The fourth-order valence-electron chi connectivity index (χ4n) is 3.21. The number of carbonyl (C=O) groups is 1. The van der Waals surface area contributed by atoms with Crippen LogP contribution >= 0.6 is 0 Å². The molecule has 8 nitrogen and oxygen atoms in total. The maximum absolute atomic E-state index is 13.0. The third-order valence-electron chi connectivity index (χ3n) is 4.92. The quantitative estimate of drug-likeness (QED) is 0.360. The number of benzene rings is 3. The summed E-state index contributed by atoms with van der Waals surface area (Å²) in [5.74, 6) is 0. The van der Waals surface area contributed by atoms with E-state index in [2.05, 4.69) is 26.4 Å². The zero-order valence-electron chi connectivity index (χ0n) is 18.6. The molecule has 1 unspecified atom stereocenters. The monoisotopic (exact) mass is 485 g/mol. The molecule has 4 aromatic rings. The lowest BCUT2D eigenvalue weighted by molar-refractivity contribution is 0.251. The molecular weight excluding hydrogens is 462 g/mol. The summed E-state index contributed by atoms with van der Waals surface area (Å²) in [4.78, 5) is 16.5. The Morgan fingerprint density at radius 2 is 1.57 bits per heavy atom. The fourth-order valence-corrected chi connectivity index (χ4v) is 4.20. The summed E-state index contributed by atoms with van der Waals surface area (Å²) < 4.78 is 15.9. The van der Waals surface area contributed by atoms with Gasteiger partial charge in [0.2, 0.25) is 0 Å². The fraction of sp³-hybridized carbons (Fsp3) is 0.0385. The van der Waals surface area contributed by atoms with Crippen molar-refractivity contribution in [1.29, 1.82) is 5.26 Å². The molecule has 0 spiro atoms. The highest BCUT2D eigenvalue weighted by Gasteiger charge is 2.13. The van der Waals surface area contributed by atoms with Crippen molar-refractivity contribution in [3.63, 3.8) is 0 Å². The minimum absolute atomic E-state index is 0. The number of urea groups is 1. The molecule has 2 amide bonds. The van der Waals surface area contributed by atoms with Crippen LogP contribution in [0.4, 0.5) is 16.2 Å². The molecule has 9 heteroatoms. The van der Waals surface area contributed by atoms with Gasteiger partial charge in [0.1, 0.15) is 0 Å². The second-order valence-corrected chi connectivity index (χ2v) is 8.41. The van der Waals surface area contributed by atoms with Crippen molar-refractivity contribution < 1.29 is 14.5 Å². The standard InChI is InChI=1S/C26H21N5O2S.H2O/c27-17-19-8-10-20(11-9-19)18-29-26(32)30-22-12-14-23(15-13-22)31-34(33)25-24(7-4-16-28-25)21-5-2-1-3-6-21;/h1-16,31H,18H2,(H2,29,30,32);1H2. The average Bonchev–Trinajstić information content (AvgIpc) is 2.89. The van der Waals surface area contributed by atoms with Crippen LogP contribution in [0.2, 0.25) is 0 Å². The minimum Gasteiger partial charge on any atom is -0.412 e. The number of nitrogens with zero attached hydrogens (tertiary/aromatic N) is 2. The normalized spacial score (nSPS) is 10.8. The van der Waals surface area contributed by atoms with Crippen LogP contribution in [0.25, 0.3) is 11.1 Å². The number of aromatic nitrogens is 1. The van der Waals surface area contributed by atoms with E-state index in [1.54, 1.807) is 54.7 Å². The Hall–Kier alpha value is -4.52. The molecule has 0 saturated carbocycles. The Morgan fingerprint density at radius 3 is 2.26 bits per heavy atom. The SMILES string of the molecule is N#Cc1ccc(CNC(=O)Nc2ccc(NS(=O)c3ncccc3-c3ccccc3)cc2)cc1.O. The number of pyridine rings is 1. The minimum atomic E-state index is -1.57. The van der Waals surface area contributed by atoms with Gasteiger partial charge in [-0.25, -0.2) is 14.0 Å². The van der Waals surface area contributed by atoms with Gasteiger partial charge in [-0.2, -0.15) is 5.26 Å². The highest BCUT2D eigenvalue weighted by molar-refractivity contribution is 7.86. The number of nitriles is 1. The van der Waals surface area contributed by atoms with Gasteiger partial charge in [0.05, 0.1) is 11.6 Å². The highest BCUT2D eigenvalue weighted by atomic mass is 32.2. The van der Waals surface area contributed by atoms with Crippen molar-refractivity contribution in [1.82, 2.24) is 10.3 Å². The van der Waals surface area contributed by atoms with Gasteiger partial charge < -0.3 is 16.1 Å². The third-order valence-corrected chi connectivity index (χ3v) is 6.02. The van der Waals surface area contributed by atoms with Crippen LogP contribution in [0.5, 0.6) is 0 Å². The molecule has 0 aliphatic carbocycles. The molecule has 3 aromatic carbocycles. The molecule has 4 rings (SSSR count). The number of amides is 2. The first-order valence-corrected chi connectivity index (χ1v) is 11.6. The van der Waals surface area contributed by atoms with E-state index in [4.69, 9.17) is 5.26 Å². The maximum atomic E-state index is 13.0. The van der Waals surface area contributed by atoms with E-state index in [1.807, 2.05) is 42.5 Å². The average molecular weight is 486 g/mol. The number of nitrogens with one attached hydrogen (secondary N) is 3.